The van der Waals surface area contributed by atoms with E-state index >= 15 is 0 Å². The number of nitrogens with zero attached hydrogens (tertiary/aromatic N) is 2. The minimum absolute atomic E-state index is 0. The SMILES string of the molecule is Cn1[c-]nc2ccccc21.[Li+]. The normalized spacial score (nSPS) is 9.55. The Kier molecular flexibility index (Phi) is 2.38. The van der Waals surface area contributed by atoms with Crippen LogP contribution in [0.4, 0.5) is 0 Å². The van der Waals surface area contributed by atoms with Crippen LogP contribution in [0.3, 0.4) is 0 Å². The Labute approximate surface area is 77.4 Å². The van der Waals surface area contributed by atoms with Crippen molar-refractivity contribution in [2.45, 2.75) is 0 Å². The van der Waals surface area contributed by atoms with E-state index in [1.807, 2.05) is 35.9 Å². The molecule has 1 aromatic heterocycles. The Morgan fingerprint density at radius 3 is 2.82 bits per heavy atom. The first-order valence-electron chi connectivity index (χ1n) is 3.17. The second kappa shape index (κ2) is 3.12. The van der Waals surface area contributed by atoms with E-state index in [0.717, 1.165) is 11.0 Å². The summed E-state index contributed by atoms with van der Waals surface area (Å²) in [7, 11) is 1.94. The molecule has 0 N–H and O–H groups in total. The summed E-state index contributed by atoms with van der Waals surface area (Å²) in [5, 5.41) is 0. The second-order valence-electron chi connectivity index (χ2n) is 2.26. The molecule has 1 heterocycles. The van der Waals surface area contributed by atoms with Gasteiger partial charge in [-0.05, 0) is 7.05 Å². The number of hydrogen-bond acceptors (Lipinski definition) is 1. The van der Waals surface area contributed by atoms with E-state index < -0.39 is 0 Å². The molecule has 1 aromatic carbocycles. The maximum Gasteiger partial charge on any atom is 1.00 e. The summed E-state index contributed by atoms with van der Waals surface area (Å²) in [4.78, 5) is 4.06. The fourth-order valence-electron chi connectivity index (χ4n) is 1.03. The van der Waals surface area contributed by atoms with E-state index in [1.54, 1.807) is 0 Å². The molecule has 0 aliphatic heterocycles. The van der Waals surface area contributed by atoms with Gasteiger partial charge in [-0.2, -0.15) is 0 Å². The van der Waals surface area contributed by atoms with E-state index in [0.29, 0.717) is 0 Å². The minimum atomic E-state index is 0. The molecule has 0 aliphatic carbocycles. The first kappa shape index (κ1) is 8.38. The monoisotopic (exact) mass is 138 g/mol. The molecule has 0 fully saturated rings. The van der Waals surface area contributed by atoms with Crippen LogP contribution in [0.1, 0.15) is 0 Å². The van der Waals surface area contributed by atoms with Crippen molar-refractivity contribution in [3.05, 3.63) is 30.6 Å². The van der Waals surface area contributed by atoms with E-state index in [-0.39, 0.29) is 18.9 Å². The van der Waals surface area contributed by atoms with E-state index in [4.69, 9.17) is 0 Å². The van der Waals surface area contributed by atoms with Crippen molar-refractivity contribution in [2.24, 2.45) is 7.05 Å². The molecule has 0 atom stereocenters. The molecule has 50 valence electrons. The molecule has 0 saturated carbocycles. The van der Waals surface area contributed by atoms with Gasteiger partial charge in [0, 0.05) is 6.33 Å². The molecule has 0 amide bonds. The number of aromatic nitrogens is 2. The average Bonchev–Trinajstić information content (AvgIpc) is 2.34. The molecule has 3 heteroatoms. The van der Waals surface area contributed by atoms with Gasteiger partial charge in [0.15, 0.2) is 0 Å². The summed E-state index contributed by atoms with van der Waals surface area (Å²) in [6.07, 6.45) is 2.84. The maximum atomic E-state index is 4.06. The molecule has 2 aromatic rings. The first-order valence-corrected chi connectivity index (χ1v) is 3.17. The van der Waals surface area contributed by atoms with E-state index in [2.05, 4.69) is 11.3 Å². The van der Waals surface area contributed by atoms with Crippen LogP contribution in [-0.4, -0.2) is 9.55 Å². The summed E-state index contributed by atoms with van der Waals surface area (Å²) in [5.74, 6) is 0. The smallest absolute Gasteiger partial charge is 0.450 e. The number of imidazole rings is 1. The number of aryl methyl sites for hydroxylation is 1. The summed E-state index contributed by atoms with van der Waals surface area (Å²) in [6, 6.07) is 7.98. The van der Waals surface area contributed by atoms with Crippen LogP contribution < -0.4 is 18.9 Å². The Morgan fingerprint density at radius 2 is 2.09 bits per heavy atom. The zero-order valence-corrected chi connectivity index (χ0v) is 6.70. The summed E-state index contributed by atoms with van der Waals surface area (Å²) < 4.78 is 1.88. The summed E-state index contributed by atoms with van der Waals surface area (Å²) >= 11 is 0. The summed E-state index contributed by atoms with van der Waals surface area (Å²) in [5.41, 5.74) is 2.13. The largest absolute Gasteiger partial charge is 1.00 e. The van der Waals surface area contributed by atoms with Gasteiger partial charge in [0.1, 0.15) is 0 Å². The van der Waals surface area contributed by atoms with Crippen LogP contribution >= 0.6 is 0 Å². The third kappa shape index (κ3) is 1.33. The van der Waals surface area contributed by atoms with Gasteiger partial charge in [-0.3, -0.25) is 0 Å². The van der Waals surface area contributed by atoms with Gasteiger partial charge < -0.3 is 9.55 Å². The van der Waals surface area contributed by atoms with Crippen molar-refractivity contribution in [3.63, 3.8) is 0 Å². The topological polar surface area (TPSA) is 17.8 Å². The Hall–Kier alpha value is -0.713. The minimum Gasteiger partial charge on any atom is -0.450 e. The molecule has 0 bridgehead atoms. The maximum absolute atomic E-state index is 4.06. The van der Waals surface area contributed by atoms with Crippen LogP contribution in [0.5, 0.6) is 0 Å². The van der Waals surface area contributed by atoms with Crippen LogP contribution in [0, 0.1) is 6.33 Å². The van der Waals surface area contributed by atoms with E-state index in [1.165, 1.54) is 0 Å². The predicted molar refractivity (Wildman–Crippen MR) is 39.6 cm³/mol. The first-order chi connectivity index (χ1) is 4.88. The molecular weight excluding hydrogens is 131 g/mol. The van der Waals surface area contributed by atoms with Crippen molar-refractivity contribution in [1.29, 1.82) is 0 Å². The predicted octanol–water partition coefficient (Wildman–Crippen LogP) is -1.62. The molecule has 11 heavy (non-hydrogen) atoms. The number of hydrogen-bond donors (Lipinski definition) is 0. The molecule has 0 aliphatic rings. The molecule has 0 saturated heterocycles. The van der Waals surface area contributed by atoms with Crippen molar-refractivity contribution in [2.75, 3.05) is 0 Å². The molecule has 0 spiro atoms. The van der Waals surface area contributed by atoms with Gasteiger partial charge in [-0.25, -0.2) is 0 Å². The Bertz CT molecular complexity index is 354. The second-order valence-corrected chi connectivity index (χ2v) is 2.26. The van der Waals surface area contributed by atoms with Crippen molar-refractivity contribution < 1.29 is 18.9 Å². The number of para-hydroxylation sites is 2. The van der Waals surface area contributed by atoms with Crippen LogP contribution in [-0.2, 0) is 7.05 Å². The third-order valence-corrected chi connectivity index (χ3v) is 1.56. The number of rotatable bonds is 0. The average molecular weight is 138 g/mol. The van der Waals surface area contributed by atoms with Crippen molar-refractivity contribution in [1.82, 2.24) is 9.55 Å². The quantitative estimate of drug-likeness (QED) is 0.316. The van der Waals surface area contributed by atoms with Gasteiger partial charge in [0.25, 0.3) is 0 Å². The zero-order chi connectivity index (χ0) is 6.97. The molecular formula is C8H7LiN2. The van der Waals surface area contributed by atoms with Gasteiger partial charge >= 0.3 is 18.9 Å². The van der Waals surface area contributed by atoms with Crippen LogP contribution in [0.15, 0.2) is 24.3 Å². The van der Waals surface area contributed by atoms with Gasteiger partial charge in [0.05, 0.1) is 0 Å². The Balaban J connectivity index is 0.000000605. The van der Waals surface area contributed by atoms with E-state index in [9.17, 15) is 0 Å². The standard InChI is InChI=1S/C8H7N2.Li/c1-10-6-9-7-4-2-3-5-8(7)10;/h2-5H,1H3;/q-1;+1. The molecule has 2 rings (SSSR count). The van der Waals surface area contributed by atoms with Gasteiger partial charge in [-0.15, -0.1) is 12.1 Å². The Morgan fingerprint density at radius 1 is 1.36 bits per heavy atom. The van der Waals surface area contributed by atoms with Crippen molar-refractivity contribution in [3.8, 4) is 0 Å². The van der Waals surface area contributed by atoms with Crippen LogP contribution in [0.25, 0.3) is 11.0 Å². The molecule has 2 nitrogen and oxygen atoms in total. The number of benzene rings is 1. The summed E-state index contributed by atoms with van der Waals surface area (Å²) in [6.45, 7) is 0. The van der Waals surface area contributed by atoms with Gasteiger partial charge in [0.2, 0.25) is 0 Å². The van der Waals surface area contributed by atoms with Gasteiger partial charge in [-0.1, -0.05) is 23.2 Å². The van der Waals surface area contributed by atoms with Crippen molar-refractivity contribution >= 4 is 11.0 Å². The fourth-order valence-corrected chi connectivity index (χ4v) is 1.03. The zero-order valence-electron chi connectivity index (χ0n) is 6.70. The van der Waals surface area contributed by atoms with Crippen LogP contribution in [0.2, 0.25) is 0 Å². The molecule has 0 radical (unpaired) electrons. The molecule has 0 unspecified atom stereocenters. The third-order valence-electron chi connectivity index (χ3n) is 1.56. The number of fused-ring (bicyclic) bond motifs is 1. The fraction of sp³-hybridized carbons (Fsp3) is 0.125.